The minimum absolute atomic E-state index is 0.628. The lowest BCUT2D eigenvalue weighted by atomic mass is 9.77. The second-order valence-corrected chi connectivity index (χ2v) is 5.65. The number of hydrogen-bond acceptors (Lipinski definition) is 0. The van der Waals surface area contributed by atoms with E-state index in [0.717, 1.165) is 17.1 Å². The van der Waals surface area contributed by atoms with E-state index in [-0.39, 0.29) is 0 Å². The molecule has 2 heteroatoms. The van der Waals surface area contributed by atoms with Gasteiger partial charge in [-0.25, -0.2) is 0 Å². The molecule has 1 aliphatic carbocycles. The zero-order valence-electron chi connectivity index (χ0n) is 10.5. The molecule has 4 rings (SSSR count). The third-order valence-electron chi connectivity index (χ3n) is 4.12. The molecule has 3 aromatic rings. The highest BCUT2D eigenvalue weighted by atomic mass is 35.5. The van der Waals surface area contributed by atoms with E-state index in [4.69, 9.17) is 11.6 Å². The molecule has 1 aromatic heterocycles. The zero-order chi connectivity index (χ0) is 12.8. The smallest absolute Gasteiger partial charge is 0.0669 e. The van der Waals surface area contributed by atoms with Gasteiger partial charge in [0.25, 0.3) is 0 Å². The van der Waals surface area contributed by atoms with E-state index in [0.29, 0.717) is 5.92 Å². The van der Waals surface area contributed by atoms with Crippen LogP contribution in [0, 0.1) is 0 Å². The molecule has 0 aliphatic heterocycles. The Morgan fingerprint density at radius 2 is 1.95 bits per heavy atom. The topological polar surface area (TPSA) is 4.93 Å². The molecular weight excluding hydrogens is 254 g/mol. The van der Waals surface area contributed by atoms with E-state index in [1.54, 1.807) is 0 Å². The maximum absolute atomic E-state index is 6.33. The SMILES string of the molecule is Clc1cccc2ccn(CC3Cc4ccccc43)c12. The summed E-state index contributed by atoms with van der Waals surface area (Å²) in [4.78, 5) is 0. The summed E-state index contributed by atoms with van der Waals surface area (Å²) >= 11 is 6.33. The van der Waals surface area contributed by atoms with E-state index < -0.39 is 0 Å². The fourth-order valence-corrected chi connectivity index (χ4v) is 3.42. The van der Waals surface area contributed by atoms with Gasteiger partial charge in [-0.2, -0.15) is 0 Å². The third kappa shape index (κ3) is 1.69. The van der Waals surface area contributed by atoms with E-state index in [1.807, 2.05) is 12.1 Å². The number of hydrogen-bond donors (Lipinski definition) is 0. The van der Waals surface area contributed by atoms with Crippen LogP contribution in [0.15, 0.2) is 54.7 Å². The Balaban J connectivity index is 1.71. The lowest BCUT2D eigenvalue weighted by Crippen LogP contribution is -2.21. The summed E-state index contributed by atoms with van der Waals surface area (Å²) in [5.74, 6) is 0.628. The maximum Gasteiger partial charge on any atom is 0.0669 e. The number of benzene rings is 2. The first-order chi connectivity index (χ1) is 9.33. The van der Waals surface area contributed by atoms with Gasteiger partial charge in [-0.1, -0.05) is 48.0 Å². The molecule has 19 heavy (non-hydrogen) atoms. The second kappa shape index (κ2) is 4.14. The molecule has 1 nitrogen and oxygen atoms in total. The van der Waals surface area contributed by atoms with E-state index in [1.165, 1.54) is 22.9 Å². The minimum atomic E-state index is 0.628. The number of nitrogens with zero attached hydrogens (tertiary/aromatic N) is 1. The lowest BCUT2D eigenvalue weighted by Gasteiger charge is -2.30. The minimum Gasteiger partial charge on any atom is -0.346 e. The monoisotopic (exact) mass is 267 g/mol. The molecule has 1 heterocycles. The molecule has 0 radical (unpaired) electrons. The van der Waals surface area contributed by atoms with Crippen molar-refractivity contribution in [2.45, 2.75) is 18.9 Å². The average Bonchev–Trinajstić information content (AvgIpc) is 2.81. The van der Waals surface area contributed by atoms with E-state index in [9.17, 15) is 0 Å². The van der Waals surface area contributed by atoms with Gasteiger partial charge >= 0.3 is 0 Å². The summed E-state index contributed by atoms with van der Waals surface area (Å²) in [6.45, 7) is 1.02. The van der Waals surface area contributed by atoms with Crippen LogP contribution in [0.3, 0.4) is 0 Å². The molecule has 0 saturated carbocycles. The molecule has 0 N–H and O–H groups in total. The number of para-hydroxylation sites is 1. The summed E-state index contributed by atoms with van der Waals surface area (Å²) in [5, 5.41) is 2.07. The van der Waals surface area contributed by atoms with Gasteiger partial charge < -0.3 is 4.57 Å². The molecule has 0 fully saturated rings. The summed E-state index contributed by atoms with van der Waals surface area (Å²) in [7, 11) is 0. The largest absolute Gasteiger partial charge is 0.346 e. The highest BCUT2D eigenvalue weighted by molar-refractivity contribution is 6.35. The maximum atomic E-state index is 6.33. The Morgan fingerprint density at radius 3 is 2.84 bits per heavy atom. The van der Waals surface area contributed by atoms with Crippen molar-refractivity contribution in [1.82, 2.24) is 4.57 Å². The average molecular weight is 268 g/mol. The van der Waals surface area contributed by atoms with Crippen LogP contribution in [0.2, 0.25) is 5.02 Å². The van der Waals surface area contributed by atoms with Crippen molar-refractivity contribution in [2.24, 2.45) is 0 Å². The van der Waals surface area contributed by atoms with Crippen molar-refractivity contribution in [3.63, 3.8) is 0 Å². The quantitative estimate of drug-likeness (QED) is 0.638. The molecule has 0 spiro atoms. The Kier molecular flexibility index (Phi) is 2.42. The highest BCUT2D eigenvalue weighted by Gasteiger charge is 2.25. The van der Waals surface area contributed by atoms with Crippen LogP contribution in [-0.4, -0.2) is 4.57 Å². The van der Waals surface area contributed by atoms with E-state index in [2.05, 4.69) is 47.2 Å². The van der Waals surface area contributed by atoms with Gasteiger partial charge in [0.2, 0.25) is 0 Å². The summed E-state index contributed by atoms with van der Waals surface area (Å²) in [6, 6.07) is 17.0. The second-order valence-electron chi connectivity index (χ2n) is 5.25. The summed E-state index contributed by atoms with van der Waals surface area (Å²) in [5.41, 5.74) is 4.15. The molecule has 1 aliphatic rings. The Morgan fingerprint density at radius 1 is 1.05 bits per heavy atom. The number of halogens is 1. The summed E-state index contributed by atoms with van der Waals surface area (Å²) < 4.78 is 2.29. The van der Waals surface area contributed by atoms with Gasteiger partial charge in [-0.3, -0.25) is 0 Å². The predicted molar refractivity (Wildman–Crippen MR) is 79.8 cm³/mol. The van der Waals surface area contributed by atoms with Crippen LogP contribution in [0.5, 0.6) is 0 Å². The Bertz CT molecular complexity index is 757. The third-order valence-corrected chi connectivity index (χ3v) is 4.42. The van der Waals surface area contributed by atoms with Crippen LogP contribution in [0.25, 0.3) is 10.9 Å². The van der Waals surface area contributed by atoms with Crippen molar-refractivity contribution >= 4 is 22.5 Å². The van der Waals surface area contributed by atoms with Gasteiger partial charge in [0, 0.05) is 24.0 Å². The van der Waals surface area contributed by atoms with Crippen LogP contribution in [-0.2, 0) is 13.0 Å². The van der Waals surface area contributed by atoms with Gasteiger partial charge in [-0.15, -0.1) is 0 Å². The van der Waals surface area contributed by atoms with Crippen molar-refractivity contribution in [2.75, 3.05) is 0 Å². The molecule has 0 saturated heterocycles. The van der Waals surface area contributed by atoms with Crippen molar-refractivity contribution in [3.05, 3.63) is 70.9 Å². The molecule has 0 amide bonds. The molecule has 2 aromatic carbocycles. The molecule has 1 atom stereocenters. The zero-order valence-corrected chi connectivity index (χ0v) is 11.3. The number of fused-ring (bicyclic) bond motifs is 2. The van der Waals surface area contributed by atoms with Crippen LogP contribution < -0.4 is 0 Å². The first-order valence-electron chi connectivity index (χ1n) is 6.64. The van der Waals surface area contributed by atoms with Crippen LogP contribution in [0.4, 0.5) is 0 Å². The first kappa shape index (κ1) is 11.1. The van der Waals surface area contributed by atoms with Crippen molar-refractivity contribution in [1.29, 1.82) is 0 Å². The standard InChI is InChI=1S/C17H14ClN/c18-16-7-3-5-12-8-9-19(17(12)16)11-14-10-13-4-1-2-6-15(13)14/h1-9,14H,10-11H2. The molecular formula is C17H14ClN. The Labute approximate surface area is 117 Å². The molecule has 0 bridgehead atoms. The Hall–Kier alpha value is -1.73. The fourth-order valence-electron chi connectivity index (χ4n) is 3.13. The molecule has 94 valence electrons. The predicted octanol–water partition coefficient (Wildman–Crippen LogP) is 4.63. The van der Waals surface area contributed by atoms with Crippen LogP contribution >= 0.6 is 11.6 Å². The first-order valence-corrected chi connectivity index (χ1v) is 7.02. The summed E-state index contributed by atoms with van der Waals surface area (Å²) in [6.07, 6.45) is 3.33. The van der Waals surface area contributed by atoms with Gasteiger partial charge in [0.15, 0.2) is 0 Å². The fraction of sp³-hybridized carbons (Fsp3) is 0.176. The van der Waals surface area contributed by atoms with Crippen LogP contribution in [0.1, 0.15) is 17.0 Å². The van der Waals surface area contributed by atoms with Crippen molar-refractivity contribution in [3.8, 4) is 0 Å². The van der Waals surface area contributed by atoms with Gasteiger partial charge in [-0.05, 0) is 29.7 Å². The van der Waals surface area contributed by atoms with Gasteiger partial charge in [0.1, 0.15) is 0 Å². The van der Waals surface area contributed by atoms with E-state index >= 15 is 0 Å². The normalized spacial score (nSPS) is 17.2. The van der Waals surface area contributed by atoms with Gasteiger partial charge in [0.05, 0.1) is 10.5 Å². The lowest BCUT2D eigenvalue weighted by molar-refractivity contribution is 0.519. The highest BCUT2D eigenvalue weighted by Crippen LogP contribution is 2.37. The number of rotatable bonds is 2. The number of aromatic nitrogens is 1. The molecule has 1 unspecified atom stereocenters. The van der Waals surface area contributed by atoms with Crippen molar-refractivity contribution < 1.29 is 0 Å².